The zero-order valence-corrected chi connectivity index (χ0v) is 18.3. The molecule has 2 fully saturated rings. The van der Waals surface area contributed by atoms with Crippen molar-refractivity contribution in [1.82, 2.24) is 9.88 Å². The zero-order valence-electron chi connectivity index (χ0n) is 18.3. The molecule has 4 nitrogen and oxygen atoms in total. The first kappa shape index (κ1) is 21.1. The van der Waals surface area contributed by atoms with E-state index in [0.29, 0.717) is 44.7 Å². The van der Waals surface area contributed by atoms with Crippen LogP contribution in [-0.4, -0.2) is 42.1 Å². The van der Waals surface area contributed by atoms with Crippen LogP contribution >= 0.6 is 0 Å². The van der Waals surface area contributed by atoms with Crippen LogP contribution in [0.5, 0.6) is 0 Å². The van der Waals surface area contributed by atoms with Crippen molar-refractivity contribution in [3.8, 4) is 0 Å². The highest BCUT2D eigenvalue weighted by atomic mass is 19.1. The third kappa shape index (κ3) is 3.90. The molecule has 0 unspecified atom stereocenters. The number of pyridine rings is 1. The smallest absolute Gasteiger partial charge is 0.233 e. The number of aromatic nitrogens is 1. The summed E-state index contributed by atoms with van der Waals surface area (Å²) in [6.45, 7) is 2.31. The number of ether oxygens (including phenoxy) is 1. The van der Waals surface area contributed by atoms with E-state index in [4.69, 9.17) is 4.74 Å². The number of amides is 1. The first-order valence-corrected chi connectivity index (χ1v) is 11.6. The Labute approximate surface area is 188 Å². The van der Waals surface area contributed by atoms with Crippen LogP contribution in [-0.2, 0) is 21.4 Å². The van der Waals surface area contributed by atoms with Gasteiger partial charge in [0.15, 0.2) is 0 Å². The summed E-state index contributed by atoms with van der Waals surface area (Å²) >= 11 is 0. The van der Waals surface area contributed by atoms with Gasteiger partial charge in [0.1, 0.15) is 5.82 Å². The molecule has 1 aromatic heterocycles. The number of benzene rings is 2. The lowest BCUT2D eigenvalue weighted by molar-refractivity contribution is -0.138. The quantitative estimate of drug-likeness (QED) is 0.589. The summed E-state index contributed by atoms with van der Waals surface area (Å²) in [5, 5.41) is 2.32. The van der Waals surface area contributed by atoms with Gasteiger partial charge in [0, 0.05) is 42.4 Å². The van der Waals surface area contributed by atoms with Gasteiger partial charge in [-0.05, 0) is 36.3 Å². The second-order valence-electron chi connectivity index (χ2n) is 9.19. The van der Waals surface area contributed by atoms with Crippen LogP contribution in [0.15, 0.2) is 60.9 Å². The van der Waals surface area contributed by atoms with E-state index in [0.717, 1.165) is 24.6 Å². The number of halogens is 1. The Morgan fingerprint density at radius 2 is 1.88 bits per heavy atom. The molecule has 0 N–H and O–H groups in total. The van der Waals surface area contributed by atoms with E-state index in [1.54, 1.807) is 12.1 Å². The molecule has 1 saturated heterocycles. The molecule has 1 aliphatic heterocycles. The average Bonchev–Trinajstić information content (AvgIpc) is 3.20. The molecule has 2 heterocycles. The Kier molecular flexibility index (Phi) is 5.92. The maximum atomic E-state index is 14.8. The van der Waals surface area contributed by atoms with Crippen molar-refractivity contribution in [3.05, 3.63) is 77.9 Å². The molecule has 0 radical (unpaired) electrons. The Hall–Kier alpha value is -2.79. The predicted molar refractivity (Wildman–Crippen MR) is 123 cm³/mol. The lowest BCUT2D eigenvalue weighted by Gasteiger charge is -2.35. The van der Waals surface area contributed by atoms with Crippen molar-refractivity contribution in [2.75, 3.05) is 26.3 Å². The fraction of sp³-hybridized carbons (Fsp3) is 0.407. The van der Waals surface area contributed by atoms with Crippen molar-refractivity contribution in [2.45, 2.75) is 37.5 Å². The minimum atomic E-state index is -0.749. The van der Waals surface area contributed by atoms with Crippen LogP contribution < -0.4 is 0 Å². The van der Waals surface area contributed by atoms with Gasteiger partial charge in [-0.25, -0.2) is 4.39 Å². The fourth-order valence-corrected chi connectivity index (χ4v) is 5.57. The number of rotatable bonds is 4. The molecule has 2 aliphatic rings. The Balaban J connectivity index is 1.41. The summed E-state index contributed by atoms with van der Waals surface area (Å²) in [7, 11) is 0. The first-order valence-electron chi connectivity index (χ1n) is 11.6. The van der Waals surface area contributed by atoms with Gasteiger partial charge in [0.25, 0.3) is 0 Å². The molecular formula is C27H29FN2O2. The summed E-state index contributed by atoms with van der Waals surface area (Å²) in [5.74, 6) is -0.0352. The van der Waals surface area contributed by atoms with Crippen LogP contribution in [0.4, 0.5) is 4.39 Å². The predicted octanol–water partition coefficient (Wildman–Crippen LogP) is 4.90. The third-order valence-electron chi connectivity index (χ3n) is 7.14. The lowest BCUT2D eigenvalue weighted by atomic mass is 9.77. The van der Waals surface area contributed by atoms with E-state index >= 15 is 0 Å². The third-order valence-corrected chi connectivity index (χ3v) is 7.14. The van der Waals surface area contributed by atoms with Crippen molar-refractivity contribution in [1.29, 1.82) is 0 Å². The minimum absolute atomic E-state index is 0.0617. The van der Waals surface area contributed by atoms with Crippen LogP contribution in [0.25, 0.3) is 10.8 Å². The molecule has 1 aliphatic carbocycles. The molecular weight excluding hydrogens is 403 g/mol. The molecule has 3 aromatic rings. The summed E-state index contributed by atoms with van der Waals surface area (Å²) in [6.07, 6.45) is 7.94. The second kappa shape index (κ2) is 8.99. The molecule has 5 heteroatoms. The lowest BCUT2D eigenvalue weighted by Crippen LogP contribution is -2.48. The monoisotopic (exact) mass is 432 g/mol. The molecule has 166 valence electrons. The summed E-state index contributed by atoms with van der Waals surface area (Å²) < 4.78 is 20.7. The van der Waals surface area contributed by atoms with Gasteiger partial charge < -0.3 is 9.64 Å². The van der Waals surface area contributed by atoms with Crippen LogP contribution in [0.2, 0.25) is 0 Å². The van der Waals surface area contributed by atoms with Crippen LogP contribution in [0, 0.1) is 11.7 Å². The molecule has 1 amide bonds. The Morgan fingerprint density at radius 1 is 1.09 bits per heavy atom. The van der Waals surface area contributed by atoms with Crippen molar-refractivity contribution in [2.24, 2.45) is 5.92 Å². The zero-order chi connectivity index (χ0) is 22.0. The van der Waals surface area contributed by atoms with Gasteiger partial charge in [0.05, 0.1) is 18.6 Å². The van der Waals surface area contributed by atoms with Gasteiger partial charge in [0.2, 0.25) is 5.91 Å². The first-order chi connectivity index (χ1) is 15.7. The van der Waals surface area contributed by atoms with E-state index in [2.05, 4.69) is 17.1 Å². The largest absolute Gasteiger partial charge is 0.379 e. The average molecular weight is 433 g/mol. The normalized spacial score (nSPS) is 20.9. The maximum absolute atomic E-state index is 14.8. The van der Waals surface area contributed by atoms with Crippen molar-refractivity contribution >= 4 is 16.7 Å². The highest BCUT2D eigenvalue weighted by Gasteiger charge is 2.46. The van der Waals surface area contributed by atoms with Gasteiger partial charge in [-0.3, -0.25) is 9.78 Å². The van der Waals surface area contributed by atoms with E-state index < -0.39 is 5.41 Å². The number of carbonyl (C=O) groups excluding carboxylic acids is 1. The molecule has 1 atom stereocenters. The highest BCUT2D eigenvalue weighted by molar-refractivity contribution is 5.89. The number of fused-ring (bicyclic) bond motifs is 1. The molecule has 32 heavy (non-hydrogen) atoms. The van der Waals surface area contributed by atoms with Crippen LogP contribution in [0.3, 0.4) is 0 Å². The molecule has 2 aromatic carbocycles. The molecule has 0 spiro atoms. The maximum Gasteiger partial charge on any atom is 0.233 e. The topological polar surface area (TPSA) is 42.4 Å². The number of hydrogen-bond acceptors (Lipinski definition) is 3. The van der Waals surface area contributed by atoms with E-state index in [9.17, 15) is 9.18 Å². The number of hydrogen-bond donors (Lipinski definition) is 0. The summed E-state index contributed by atoms with van der Waals surface area (Å²) in [6, 6.07) is 15.1. The van der Waals surface area contributed by atoms with Gasteiger partial charge in [-0.1, -0.05) is 55.3 Å². The van der Waals surface area contributed by atoms with Gasteiger partial charge in [-0.2, -0.15) is 0 Å². The minimum Gasteiger partial charge on any atom is -0.379 e. The highest BCUT2D eigenvalue weighted by Crippen LogP contribution is 2.44. The Morgan fingerprint density at radius 3 is 2.72 bits per heavy atom. The van der Waals surface area contributed by atoms with E-state index in [1.165, 1.54) is 17.0 Å². The van der Waals surface area contributed by atoms with Crippen LogP contribution in [0.1, 0.15) is 36.8 Å². The number of nitrogens with zero attached hydrogens (tertiary/aromatic N) is 2. The number of carbonyl (C=O) groups is 1. The fourth-order valence-electron chi connectivity index (χ4n) is 5.57. The standard InChI is InChI=1S/C27H29FN2O2/c28-25-10-4-3-9-24(25)27(11-5-6-12-27)26(31)30-13-14-32-19-20(18-30)15-22-17-29-16-21-7-1-2-8-23(21)22/h1-4,7-10,16-17,20H,5-6,11-15,18-19H2/t20-/m0/s1. The second-order valence-corrected chi connectivity index (χ2v) is 9.19. The van der Waals surface area contributed by atoms with Crippen molar-refractivity contribution < 1.29 is 13.9 Å². The Bertz CT molecular complexity index is 1100. The molecule has 1 saturated carbocycles. The molecule has 0 bridgehead atoms. The molecule has 5 rings (SSSR count). The van der Waals surface area contributed by atoms with E-state index in [-0.39, 0.29) is 17.6 Å². The van der Waals surface area contributed by atoms with Gasteiger partial charge in [-0.15, -0.1) is 0 Å². The van der Waals surface area contributed by atoms with E-state index in [1.807, 2.05) is 35.5 Å². The van der Waals surface area contributed by atoms with Crippen molar-refractivity contribution in [3.63, 3.8) is 0 Å². The SMILES string of the molecule is O=C(N1CCOC[C@@H](Cc2cncc3ccccc23)C1)C1(c2ccccc2F)CCCC1. The summed E-state index contributed by atoms with van der Waals surface area (Å²) in [4.78, 5) is 20.3. The summed E-state index contributed by atoms with van der Waals surface area (Å²) in [5.41, 5.74) is 0.986. The van der Waals surface area contributed by atoms with Gasteiger partial charge >= 0.3 is 0 Å².